The number of anilines is 2. The highest BCUT2D eigenvalue weighted by molar-refractivity contribution is 7.88. The zero-order valence-electron chi connectivity index (χ0n) is 23.2. The molecule has 39 heavy (non-hydrogen) atoms. The Morgan fingerprint density at radius 1 is 1.13 bits per heavy atom. The Balaban J connectivity index is 1.37. The molecule has 2 N–H and O–H groups in total. The van der Waals surface area contributed by atoms with Crippen LogP contribution in [0.4, 0.5) is 11.5 Å². The standard InChI is InChI=1S/C26H39N7O3S2Si/c1-38(34,35)33-10-9-19(16-33)29-20-13-23-22(27-15-20)14-21(24(30-23)28-17-36-11-12-39(2,3)4)26-32-31-25(37-26)18-7-5-6-8-18/h13-15,18-19,29H,5-12,16-17H2,1-4H3,(H,28,30). The second-order valence-electron chi connectivity index (χ2n) is 11.9. The van der Waals surface area contributed by atoms with E-state index in [0.717, 1.165) is 51.4 Å². The molecule has 2 aliphatic rings. The maximum atomic E-state index is 11.9. The van der Waals surface area contributed by atoms with E-state index in [1.54, 1.807) is 17.5 Å². The summed E-state index contributed by atoms with van der Waals surface area (Å²) < 4.78 is 31.2. The minimum absolute atomic E-state index is 0.0333. The Morgan fingerprint density at radius 3 is 2.64 bits per heavy atom. The molecular formula is C26H39N7O3S2Si. The summed E-state index contributed by atoms with van der Waals surface area (Å²) in [6.45, 7) is 9.07. The van der Waals surface area contributed by atoms with Crippen molar-refractivity contribution in [2.45, 2.75) is 69.7 Å². The van der Waals surface area contributed by atoms with E-state index in [0.29, 0.717) is 31.6 Å². The number of nitrogens with zero attached hydrogens (tertiary/aromatic N) is 5. The fraction of sp³-hybridized carbons (Fsp3) is 0.615. The van der Waals surface area contributed by atoms with Crippen LogP contribution in [-0.4, -0.2) is 79.7 Å². The third-order valence-corrected chi connectivity index (χ3v) is 11.5. The van der Waals surface area contributed by atoms with Crippen molar-refractivity contribution in [1.29, 1.82) is 0 Å². The van der Waals surface area contributed by atoms with Gasteiger partial charge in [-0.25, -0.2) is 17.7 Å². The molecule has 3 aromatic heterocycles. The first-order valence-electron chi connectivity index (χ1n) is 13.7. The average molecular weight is 590 g/mol. The van der Waals surface area contributed by atoms with Gasteiger partial charge in [-0.1, -0.05) is 43.8 Å². The van der Waals surface area contributed by atoms with Gasteiger partial charge >= 0.3 is 0 Å². The Bertz CT molecular complexity index is 1400. The lowest BCUT2D eigenvalue weighted by molar-refractivity contribution is 0.165. The highest BCUT2D eigenvalue weighted by Crippen LogP contribution is 2.39. The molecule has 0 spiro atoms. The number of ether oxygens (including phenoxy) is 1. The van der Waals surface area contributed by atoms with E-state index in [4.69, 9.17) is 9.72 Å². The fourth-order valence-corrected chi connectivity index (χ4v) is 7.73. The minimum atomic E-state index is -3.19. The highest BCUT2D eigenvalue weighted by atomic mass is 32.2. The van der Waals surface area contributed by atoms with Gasteiger partial charge < -0.3 is 15.4 Å². The SMILES string of the molecule is C[Si](C)(C)CCOCNc1nc2cc(NC3CCN(S(C)(=O)=O)C3)cnc2cc1-c1nnc(C2CCCC2)s1. The molecule has 2 fully saturated rings. The summed E-state index contributed by atoms with van der Waals surface area (Å²) in [6, 6.07) is 5.13. The van der Waals surface area contributed by atoms with E-state index in [-0.39, 0.29) is 6.04 Å². The van der Waals surface area contributed by atoms with Crippen LogP contribution in [0.3, 0.4) is 0 Å². The third-order valence-electron chi connectivity index (χ3n) is 7.37. The van der Waals surface area contributed by atoms with Gasteiger partial charge in [0.2, 0.25) is 10.0 Å². The van der Waals surface area contributed by atoms with Crippen LogP contribution in [0.15, 0.2) is 18.3 Å². The normalized spacial score (nSPS) is 19.2. The van der Waals surface area contributed by atoms with Gasteiger partial charge in [0.15, 0.2) is 5.01 Å². The first-order chi connectivity index (χ1) is 18.5. The predicted octanol–water partition coefficient (Wildman–Crippen LogP) is 4.98. The number of fused-ring (bicyclic) bond motifs is 1. The molecule has 5 rings (SSSR count). The molecule has 0 amide bonds. The molecule has 0 bridgehead atoms. The van der Waals surface area contributed by atoms with Gasteiger partial charge in [0.1, 0.15) is 17.6 Å². The lowest BCUT2D eigenvalue weighted by Crippen LogP contribution is -2.30. The number of sulfonamides is 1. The summed E-state index contributed by atoms with van der Waals surface area (Å²) in [4.78, 5) is 9.63. The van der Waals surface area contributed by atoms with Crippen molar-refractivity contribution in [3.05, 3.63) is 23.3 Å². The van der Waals surface area contributed by atoms with Gasteiger partial charge in [-0.15, -0.1) is 10.2 Å². The van der Waals surface area contributed by atoms with Gasteiger partial charge in [0.05, 0.1) is 34.7 Å². The molecule has 1 aliphatic heterocycles. The summed E-state index contributed by atoms with van der Waals surface area (Å²) >= 11 is 1.65. The minimum Gasteiger partial charge on any atom is -0.380 e. The summed E-state index contributed by atoms with van der Waals surface area (Å²) in [5.41, 5.74) is 3.21. The second kappa shape index (κ2) is 11.7. The lowest BCUT2D eigenvalue weighted by Gasteiger charge is -2.17. The molecule has 0 radical (unpaired) electrons. The summed E-state index contributed by atoms with van der Waals surface area (Å²) in [5.74, 6) is 1.21. The van der Waals surface area contributed by atoms with E-state index in [1.807, 2.05) is 12.1 Å². The van der Waals surface area contributed by atoms with Crippen molar-refractivity contribution in [1.82, 2.24) is 24.5 Å². The highest BCUT2D eigenvalue weighted by Gasteiger charge is 2.28. The number of hydrogen-bond acceptors (Lipinski definition) is 10. The molecule has 10 nitrogen and oxygen atoms in total. The first kappa shape index (κ1) is 28.3. The molecule has 13 heteroatoms. The van der Waals surface area contributed by atoms with Crippen molar-refractivity contribution >= 4 is 52.0 Å². The van der Waals surface area contributed by atoms with E-state index in [2.05, 4.69) is 45.5 Å². The smallest absolute Gasteiger partial charge is 0.211 e. The number of nitrogens with one attached hydrogen (secondary N) is 2. The van der Waals surface area contributed by atoms with E-state index >= 15 is 0 Å². The van der Waals surface area contributed by atoms with Gasteiger partial charge in [0.25, 0.3) is 0 Å². The zero-order valence-corrected chi connectivity index (χ0v) is 25.9. The Hall–Kier alpha value is -2.19. The molecule has 1 atom stereocenters. The summed E-state index contributed by atoms with van der Waals surface area (Å²) in [5, 5.41) is 17.8. The molecule has 3 aromatic rings. The Labute approximate surface area is 236 Å². The maximum absolute atomic E-state index is 11.9. The van der Waals surface area contributed by atoms with Crippen molar-refractivity contribution in [2.24, 2.45) is 0 Å². The van der Waals surface area contributed by atoms with Crippen LogP contribution >= 0.6 is 11.3 Å². The monoisotopic (exact) mass is 589 g/mol. The Kier molecular flexibility index (Phi) is 8.53. The molecule has 0 aromatic carbocycles. The number of hydrogen-bond donors (Lipinski definition) is 2. The Morgan fingerprint density at radius 2 is 1.92 bits per heavy atom. The number of pyridine rings is 2. The molecule has 1 saturated heterocycles. The van der Waals surface area contributed by atoms with Crippen LogP contribution in [0.25, 0.3) is 21.6 Å². The van der Waals surface area contributed by atoms with Crippen LogP contribution in [0.1, 0.15) is 43.0 Å². The quantitative estimate of drug-likeness (QED) is 0.181. The van der Waals surface area contributed by atoms with Gasteiger partial charge in [0, 0.05) is 39.7 Å². The van der Waals surface area contributed by atoms with E-state index < -0.39 is 18.1 Å². The first-order valence-corrected chi connectivity index (χ1v) is 20.1. The van der Waals surface area contributed by atoms with Crippen LogP contribution in [0, 0.1) is 0 Å². The maximum Gasteiger partial charge on any atom is 0.211 e. The predicted molar refractivity (Wildman–Crippen MR) is 161 cm³/mol. The fourth-order valence-electron chi connectivity index (χ4n) is 5.06. The molecule has 4 heterocycles. The largest absolute Gasteiger partial charge is 0.380 e. The number of rotatable bonds is 11. The van der Waals surface area contributed by atoms with Crippen molar-refractivity contribution in [2.75, 3.05) is 43.3 Å². The topological polar surface area (TPSA) is 122 Å². The molecule has 1 unspecified atom stereocenters. The lowest BCUT2D eigenvalue weighted by atomic mass is 10.1. The van der Waals surface area contributed by atoms with Gasteiger partial charge in [-0.05, 0) is 37.4 Å². The number of aromatic nitrogens is 4. The third kappa shape index (κ3) is 7.31. The van der Waals surface area contributed by atoms with E-state index in [1.165, 1.54) is 36.2 Å². The van der Waals surface area contributed by atoms with Crippen LogP contribution in [0.5, 0.6) is 0 Å². The summed E-state index contributed by atoms with van der Waals surface area (Å²) in [6.07, 6.45) is 8.67. The zero-order chi connectivity index (χ0) is 27.6. The van der Waals surface area contributed by atoms with Crippen LogP contribution in [-0.2, 0) is 14.8 Å². The molecule has 1 saturated carbocycles. The van der Waals surface area contributed by atoms with E-state index in [9.17, 15) is 8.42 Å². The van der Waals surface area contributed by atoms with Crippen molar-refractivity contribution in [3.63, 3.8) is 0 Å². The van der Waals surface area contributed by atoms with Crippen LogP contribution < -0.4 is 10.6 Å². The van der Waals surface area contributed by atoms with Crippen molar-refractivity contribution in [3.8, 4) is 10.6 Å². The average Bonchev–Trinajstić information content (AvgIpc) is 3.64. The molecule has 1 aliphatic carbocycles. The van der Waals surface area contributed by atoms with Crippen LogP contribution in [0.2, 0.25) is 25.7 Å². The molecule has 212 valence electrons. The summed E-state index contributed by atoms with van der Waals surface area (Å²) in [7, 11) is -4.36. The molecular weight excluding hydrogens is 551 g/mol. The van der Waals surface area contributed by atoms with Gasteiger partial charge in [-0.3, -0.25) is 4.98 Å². The van der Waals surface area contributed by atoms with Gasteiger partial charge in [-0.2, -0.15) is 0 Å². The van der Waals surface area contributed by atoms with Crippen molar-refractivity contribution < 1.29 is 13.2 Å². The second-order valence-corrected chi connectivity index (χ2v) is 20.5.